The number of ether oxygens (including phenoxy) is 1. The maximum atomic E-state index is 12.0. The fourth-order valence-electron chi connectivity index (χ4n) is 2.44. The Morgan fingerprint density at radius 1 is 1.56 bits per heavy atom. The molecule has 0 aromatic carbocycles. The number of carbonyl (C=O) groups is 1. The molecule has 1 aliphatic carbocycles. The SMILES string of the molecule is CCC(COC)NC(=O)C1CCCC1CN. The monoisotopic (exact) mass is 228 g/mol. The number of hydrogen-bond acceptors (Lipinski definition) is 3. The first-order chi connectivity index (χ1) is 7.72. The highest BCUT2D eigenvalue weighted by Gasteiger charge is 2.32. The van der Waals surface area contributed by atoms with Gasteiger partial charge in [-0.1, -0.05) is 13.3 Å². The number of nitrogens with one attached hydrogen (secondary N) is 1. The summed E-state index contributed by atoms with van der Waals surface area (Å²) in [4.78, 5) is 12.0. The predicted octanol–water partition coefficient (Wildman–Crippen LogP) is 0.903. The molecule has 4 nitrogen and oxygen atoms in total. The first kappa shape index (κ1) is 13.5. The average molecular weight is 228 g/mol. The zero-order valence-corrected chi connectivity index (χ0v) is 10.4. The normalized spacial score (nSPS) is 26.7. The molecule has 1 saturated carbocycles. The lowest BCUT2D eigenvalue weighted by atomic mass is 9.95. The van der Waals surface area contributed by atoms with E-state index in [1.807, 2.05) is 0 Å². The lowest BCUT2D eigenvalue weighted by Crippen LogP contribution is -2.42. The van der Waals surface area contributed by atoms with Crippen molar-refractivity contribution >= 4 is 5.91 Å². The molecule has 0 aromatic rings. The highest BCUT2D eigenvalue weighted by molar-refractivity contribution is 5.79. The van der Waals surface area contributed by atoms with Crippen molar-refractivity contribution in [3.8, 4) is 0 Å². The van der Waals surface area contributed by atoms with Crippen LogP contribution in [0.25, 0.3) is 0 Å². The van der Waals surface area contributed by atoms with Gasteiger partial charge in [0.25, 0.3) is 0 Å². The average Bonchev–Trinajstić information content (AvgIpc) is 2.76. The standard InChI is InChI=1S/C12H24N2O2/c1-3-10(8-16-2)14-12(15)11-6-4-5-9(11)7-13/h9-11H,3-8,13H2,1-2H3,(H,14,15). The molecule has 94 valence electrons. The van der Waals surface area contributed by atoms with Gasteiger partial charge >= 0.3 is 0 Å². The Morgan fingerprint density at radius 3 is 2.88 bits per heavy atom. The third-order valence-electron chi connectivity index (χ3n) is 3.51. The van der Waals surface area contributed by atoms with Gasteiger partial charge in [0, 0.05) is 13.0 Å². The van der Waals surface area contributed by atoms with Gasteiger partial charge in [-0.15, -0.1) is 0 Å². The summed E-state index contributed by atoms with van der Waals surface area (Å²) in [6, 6.07) is 0.136. The van der Waals surface area contributed by atoms with Crippen LogP contribution in [0.4, 0.5) is 0 Å². The number of carbonyl (C=O) groups excluding carboxylic acids is 1. The number of nitrogens with two attached hydrogens (primary N) is 1. The molecule has 1 fully saturated rings. The largest absolute Gasteiger partial charge is 0.383 e. The molecule has 4 heteroatoms. The zero-order valence-electron chi connectivity index (χ0n) is 10.4. The van der Waals surface area contributed by atoms with E-state index in [4.69, 9.17) is 10.5 Å². The molecule has 1 aliphatic rings. The lowest BCUT2D eigenvalue weighted by Gasteiger charge is -2.22. The summed E-state index contributed by atoms with van der Waals surface area (Å²) in [7, 11) is 1.66. The van der Waals surface area contributed by atoms with E-state index in [9.17, 15) is 4.79 Å². The molecule has 0 saturated heterocycles. The third-order valence-corrected chi connectivity index (χ3v) is 3.51. The molecule has 0 bridgehead atoms. The molecule has 16 heavy (non-hydrogen) atoms. The van der Waals surface area contributed by atoms with Crippen molar-refractivity contribution in [1.29, 1.82) is 0 Å². The molecule has 0 radical (unpaired) electrons. The second-order valence-corrected chi connectivity index (χ2v) is 4.60. The van der Waals surface area contributed by atoms with Gasteiger partial charge in [-0.25, -0.2) is 0 Å². The van der Waals surface area contributed by atoms with Crippen LogP contribution in [0.5, 0.6) is 0 Å². The molecule has 3 unspecified atom stereocenters. The minimum Gasteiger partial charge on any atom is -0.383 e. The Labute approximate surface area is 97.9 Å². The summed E-state index contributed by atoms with van der Waals surface area (Å²) in [6.07, 6.45) is 4.10. The number of hydrogen-bond donors (Lipinski definition) is 2. The first-order valence-electron chi connectivity index (χ1n) is 6.22. The van der Waals surface area contributed by atoms with E-state index in [1.165, 1.54) is 0 Å². The molecule has 1 amide bonds. The molecule has 3 N–H and O–H groups in total. The Balaban J connectivity index is 2.43. The lowest BCUT2D eigenvalue weighted by molar-refractivity contribution is -0.127. The van der Waals surface area contributed by atoms with Gasteiger partial charge in [-0.2, -0.15) is 0 Å². The Hall–Kier alpha value is -0.610. The Morgan fingerprint density at radius 2 is 2.31 bits per heavy atom. The highest BCUT2D eigenvalue weighted by Crippen LogP contribution is 2.31. The van der Waals surface area contributed by atoms with E-state index in [2.05, 4.69) is 12.2 Å². The number of rotatable bonds is 6. The van der Waals surface area contributed by atoms with Gasteiger partial charge in [-0.3, -0.25) is 4.79 Å². The van der Waals surface area contributed by atoms with E-state index in [-0.39, 0.29) is 17.9 Å². The first-order valence-corrected chi connectivity index (χ1v) is 6.22. The van der Waals surface area contributed by atoms with Crippen molar-refractivity contribution in [3.05, 3.63) is 0 Å². The van der Waals surface area contributed by atoms with Crippen LogP contribution < -0.4 is 11.1 Å². The third kappa shape index (κ3) is 3.46. The summed E-state index contributed by atoms with van der Waals surface area (Å²) in [5, 5.41) is 3.05. The van der Waals surface area contributed by atoms with Crippen molar-refractivity contribution in [2.75, 3.05) is 20.3 Å². The summed E-state index contributed by atoms with van der Waals surface area (Å²) in [5.41, 5.74) is 5.68. The topological polar surface area (TPSA) is 64.3 Å². The van der Waals surface area contributed by atoms with Gasteiger partial charge in [0.05, 0.1) is 12.6 Å². The smallest absolute Gasteiger partial charge is 0.223 e. The summed E-state index contributed by atoms with van der Waals surface area (Å²) in [5.74, 6) is 0.660. The van der Waals surface area contributed by atoms with Crippen molar-refractivity contribution < 1.29 is 9.53 Å². The van der Waals surface area contributed by atoms with E-state index in [0.717, 1.165) is 25.7 Å². The summed E-state index contributed by atoms with van der Waals surface area (Å²) >= 11 is 0. The van der Waals surface area contributed by atoms with Gasteiger partial charge in [0.2, 0.25) is 5.91 Å². The highest BCUT2D eigenvalue weighted by atomic mass is 16.5. The molecule has 0 spiro atoms. The van der Waals surface area contributed by atoms with Crippen molar-refractivity contribution in [1.82, 2.24) is 5.32 Å². The zero-order chi connectivity index (χ0) is 12.0. The van der Waals surface area contributed by atoms with Gasteiger partial charge in [0.15, 0.2) is 0 Å². The quantitative estimate of drug-likeness (QED) is 0.710. The second kappa shape index (κ2) is 6.86. The fourth-order valence-corrected chi connectivity index (χ4v) is 2.44. The van der Waals surface area contributed by atoms with Crippen LogP contribution in [0, 0.1) is 11.8 Å². The van der Waals surface area contributed by atoms with Crippen LogP contribution in [0.15, 0.2) is 0 Å². The van der Waals surface area contributed by atoms with Gasteiger partial charge < -0.3 is 15.8 Å². The van der Waals surface area contributed by atoms with Crippen molar-refractivity contribution in [2.24, 2.45) is 17.6 Å². The second-order valence-electron chi connectivity index (χ2n) is 4.60. The molecule has 0 aliphatic heterocycles. The van der Waals surface area contributed by atoms with Gasteiger partial charge in [-0.05, 0) is 31.7 Å². The van der Waals surface area contributed by atoms with Gasteiger partial charge in [0.1, 0.15) is 0 Å². The molecular weight excluding hydrogens is 204 g/mol. The van der Waals surface area contributed by atoms with E-state index < -0.39 is 0 Å². The van der Waals surface area contributed by atoms with Crippen molar-refractivity contribution in [3.63, 3.8) is 0 Å². The van der Waals surface area contributed by atoms with E-state index in [1.54, 1.807) is 7.11 Å². The Kier molecular flexibility index (Phi) is 5.77. The van der Waals surface area contributed by atoms with Crippen LogP contribution in [-0.4, -0.2) is 32.2 Å². The summed E-state index contributed by atoms with van der Waals surface area (Å²) in [6.45, 7) is 3.26. The maximum absolute atomic E-state index is 12.0. The van der Waals surface area contributed by atoms with Crippen molar-refractivity contribution in [2.45, 2.75) is 38.6 Å². The number of amides is 1. The fraction of sp³-hybridized carbons (Fsp3) is 0.917. The minimum atomic E-state index is 0.121. The van der Waals surface area contributed by atoms with E-state index >= 15 is 0 Å². The van der Waals surface area contributed by atoms with Crippen LogP contribution in [0.1, 0.15) is 32.6 Å². The van der Waals surface area contributed by atoms with Crippen LogP contribution >= 0.6 is 0 Å². The minimum absolute atomic E-state index is 0.121. The molecule has 0 aromatic heterocycles. The molecule has 0 heterocycles. The Bertz CT molecular complexity index is 221. The maximum Gasteiger partial charge on any atom is 0.223 e. The predicted molar refractivity (Wildman–Crippen MR) is 64.0 cm³/mol. The molecule has 1 rings (SSSR count). The van der Waals surface area contributed by atoms with Crippen LogP contribution in [0.3, 0.4) is 0 Å². The number of methoxy groups -OCH3 is 1. The molecular formula is C12H24N2O2. The van der Waals surface area contributed by atoms with Crippen LogP contribution in [0.2, 0.25) is 0 Å². The summed E-state index contributed by atoms with van der Waals surface area (Å²) < 4.78 is 5.07. The van der Waals surface area contributed by atoms with Crippen LogP contribution in [-0.2, 0) is 9.53 Å². The molecule has 3 atom stereocenters. The van der Waals surface area contributed by atoms with E-state index in [0.29, 0.717) is 19.1 Å².